The van der Waals surface area contributed by atoms with E-state index in [0.717, 1.165) is 16.5 Å². The number of ether oxygens (including phenoxy) is 1. The van der Waals surface area contributed by atoms with Crippen LogP contribution in [-0.2, 0) is 4.74 Å². The first-order valence-electron chi connectivity index (χ1n) is 5.05. The summed E-state index contributed by atoms with van der Waals surface area (Å²) < 4.78 is 5.35. The molecule has 1 aliphatic rings. The number of methoxy groups -OCH3 is 1. The van der Waals surface area contributed by atoms with Gasteiger partial charge in [-0.3, -0.25) is 0 Å². The van der Waals surface area contributed by atoms with Crippen molar-refractivity contribution < 1.29 is 9.84 Å². The summed E-state index contributed by atoms with van der Waals surface area (Å²) in [5, 5.41) is 12.4. The fraction of sp³-hybridized carbons (Fsp3) is 0.231. The molecular formula is C13H12O2. The lowest BCUT2D eigenvalue weighted by Crippen LogP contribution is -2.06. The van der Waals surface area contributed by atoms with Crippen LogP contribution in [-0.4, -0.2) is 12.2 Å². The van der Waals surface area contributed by atoms with Gasteiger partial charge in [-0.1, -0.05) is 36.4 Å². The maximum absolute atomic E-state index is 10.1. The molecule has 0 unspecified atom stereocenters. The van der Waals surface area contributed by atoms with E-state index in [1.165, 1.54) is 5.39 Å². The van der Waals surface area contributed by atoms with Crippen LogP contribution >= 0.6 is 0 Å². The average molecular weight is 200 g/mol. The number of aliphatic hydroxyl groups is 1. The summed E-state index contributed by atoms with van der Waals surface area (Å²) in [6.45, 7) is 0. The summed E-state index contributed by atoms with van der Waals surface area (Å²) >= 11 is 0. The highest BCUT2D eigenvalue weighted by Gasteiger charge is 2.32. The van der Waals surface area contributed by atoms with E-state index in [4.69, 9.17) is 4.74 Å². The van der Waals surface area contributed by atoms with Crippen LogP contribution in [0.2, 0.25) is 0 Å². The van der Waals surface area contributed by atoms with Gasteiger partial charge in [-0.15, -0.1) is 0 Å². The van der Waals surface area contributed by atoms with Crippen LogP contribution in [0, 0.1) is 0 Å². The first kappa shape index (κ1) is 8.89. The third kappa shape index (κ3) is 1.06. The summed E-state index contributed by atoms with van der Waals surface area (Å²) in [6, 6.07) is 12.1. The summed E-state index contributed by atoms with van der Waals surface area (Å²) in [6.07, 6.45) is -0.748. The fourth-order valence-electron chi connectivity index (χ4n) is 2.47. The maximum Gasteiger partial charge on any atom is 0.113 e. The van der Waals surface area contributed by atoms with Gasteiger partial charge in [0.25, 0.3) is 0 Å². The van der Waals surface area contributed by atoms with Crippen molar-refractivity contribution in [3.05, 3.63) is 47.5 Å². The highest BCUT2D eigenvalue weighted by atomic mass is 16.5. The van der Waals surface area contributed by atoms with Crippen LogP contribution in [0.25, 0.3) is 10.8 Å². The Hall–Kier alpha value is -1.38. The molecule has 2 heteroatoms. The number of benzene rings is 2. The topological polar surface area (TPSA) is 29.5 Å². The SMILES string of the molecule is CO[C@H]1c2cccc3cccc(c23)[C@H]1O. The van der Waals surface area contributed by atoms with Gasteiger partial charge >= 0.3 is 0 Å². The smallest absolute Gasteiger partial charge is 0.113 e. The Morgan fingerprint density at radius 3 is 2.40 bits per heavy atom. The molecule has 15 heavy (non-hydrogen) atoms. The van der Waals surface area contributed by atoms with Crippen LogP contribution in [0.1, 0.15) is 23.3 Å². The predicted molar refractivity (Wildman–Crippen MR) is 58.7 cm³/mol. The molecule has 0 heterocycles. The van der Waals surface area contributed by atoms with Gasteiger partial charge in [0.05, 0.1) is 0 Å². The Bertz CT molecular complexity index is 514. The molecule has 0 aromatic heterocycles. The van der Waals surface area contributed by atoms with Crippen molar-refractivity contribution in [3.8, 4) is 0 Å². The van der Waals surface area contributed by atoms with Crippen LogP contribution in [0.4, 0.5) is 0 Å². The standard InChI is InChI=1S/C13H12O2/c1-15-13-10-7-3-5-8-4-2-6-9(11(8)10)12(13)14/h2-7,12-14H,1H3/t12-,13+/m1/s1. The zero-order valence-corrected chi connectivity index (χ0v) is 8.47. The Morgan fingerprint density at radius 1 is 1.07 bits per heavy atom. The number of rotatable bonds is 1. The highest BCUT2D eigenvalue weighted by molar-refractivity contribution is 5.91. The quantitative estimate of drug-likeness (QED) is 0.766. The molecule has 0 fully saturated rings. The third-order valence-corrected chi connectivity index (χ3v) is 3.14. The molecule has 1 aliphatic carbocycles. The summed E-state index contributed by atoms with van der Waals surface area (Å²) in [5.41, 5.74) is 2.08. The molecule has 0 bridgehead atoms. The van der Waals surface area contributed by atoms with Gasteiger partial charge in [0.1, 0.15) is 12.2 Å². The second kappa shape index (κ2) is 3.05. The minimum Gasteiger partial charge on any atom is -0.385 e. The molecule has 76 valence electrons. The molecule has 2 aromatic carbocycles. The van der Waals surface area contributed by atoms with Crippen LogP contribution in [0.3, 0.4) is 0 Å². The second-order valence-corrected chi connectivity index (χ2v) is 3.89. The lowest BCUT2D eigenvalue weighted by molar-refractivity contribution is -0.00773. The second-order valence-electron chi connectivity index (χ2n) is 3.89. The Labute approximate surface area is 88.1 Å². The van der Waals surface area contributed by atoms with E-state index >= 15 is 0 Å². The Morgan fingerprint density at radius 2 is 1.73 bits per heavy atom. The molecule has 2 nitrogen and oxygen atoms in total. The van der Waals surface area contributed by atoms with Gasteiger partial charge in [-0.05, 0) is 21.9 Å². The fourth-order valence-corrected chi connectivity index (χ4v) is 2.47. The van der Waals surface area contributed by atoms with E-state index < -0.39 is 6.10 Å². The monoisotopic (exact) mass is 200 g/mol. The van der Waals surface area contributed by atoms with Gasteiger partial charge in [-0.2, -0.15) is 0 Å². The normalized spacial score (nSPS) is 23.6. The predicted octanol–water partition coefficient (Wildman–Crippen LogP) is 2.57. The Balaban J connectivity index is 2.40. The molecular weight excluding hydrogens is 188 g/mol. The van der Waals surface area contributed by atoms with E-state index in [9.17, 15) is 5.11 Å². The molecule has 0 aliphatic heterocycles. The summed E-state index contributed by atoms with van der Waals surface area (Å²) in [5.74, 6) is 0. The largest absolute Gasteiger partial charge is 0.385 e. The molecule has 2 atom stereocenters. The molecule has 3 rings (SSSR count). The average Bonchev–Trinajstić information content (AvgIpc) is 2.55. The van der Waals surface area contributed by atoms with E-state index in [1.54, 1.807) is 7.11 Å². The van der Waals surface area contributed by atoms with Crippen molar-refractivity contribution in [2.75, 3.05) is 7.11 Å². The Kier molecular flexibility index (Phi) is 1.81. The van der Waals surface area contributed by atoms with Gasteiger partial charge in [0.2, 0.25) is 0 Å². The molecule has 0 radical (unpaired) electrons. The van der Waals surface area contributed by atoms with Gasteiger partial charge < -0.3 is 9.84 Å². The van der Waals surface area contributed by atoms with Crippen LogP contribution < -0.4 is 0 Å². The molecule has 0 amide bonds. The minimum absolute atomic E-state index is 0.217. The van der Waals surface area contributed by atoms with Crippen molar-refractivity contribution in [1.82, 2.24) is 0 Å². The first-order valence-corrected chi connectivity index (χ1v) is 5.05. The van der Waals surface area contributed by atoms with E-state index in [0.29, 0.717) is 0 Å². The number of hydrogen-bond donors (Lipinski definition) is 1. The zero-order chi connectivity index (χ0) is 10.4. The van der Waals surface area contributed by atoms with E-state index in [-0.39, 0.29) is 6.10 Å². The molecule has 0 saturated heterocycles. The molecule has 0 saturated carbocycles. The number of hydrogen-bond acceptors (Lipinski definition) is 2. The van der Waals surface area contributed by atoms with Gasteiger partial charge in [0, 0.05) is 7.11 Å². The third-order valence-electron chi connectivity index (χ3n) is 3.14. The van der Waals surface area contributed by atoms with Crippen LogP contribution in [0.15, 0.2) is 36.4 Å². The van der Waals surface area contributed by atoms with Gasteiger partial charge in [0.15, 0.2) is 0 Å². The number of aliphatic hydroxyl groups excluding tert-OH is 1. The lowest BCUT2D eigenvalue weighted by Gasteiger charge is -2.14. The van der Waals surface area contributed by atoms with Crippen LogP contribution in [0.5, 0.6) is 0 Å². The molecule has 1 N–H and O–H groups in total. The molecule has 0 spiro atoms. The maximum atomic E-state index is 10.1. The van der Waals surface area contributed by atoms with E-state index in [2.05, 4.69) is 12.1 Å². The van der Waals surface area contributed by atoms with Crippen molar-refractivity contribution in [2.45, 2.75) is 12.2 Å². The van der Waals surface area contributed by atoms with Crippen molar-refractivity contribution >= 4 is 10.8 Å². The first-order chi connectivity index (χ1) is 7.33. The van der Waals surface area contributed by atoms with Crippen molar-refractivity contribution in [3.63, 3.8) is 0 Å². The summed E-state index contributed by atoms with van der Waals surface area (Å²) in [7, 11) is 1.64. The van der Waals surface area contributed by atoms with E-state index in [1.807, 2.05) is 24.3 Å². The van der Waals surface area contributed by atoms with Gasteiger partial charge in [-0.25, -0.2) is 0 Å². The minimum atomic E-state index is -0.531. The summed E-state index contributed by atoms with van der Waals surface area (Å²) in [4.78, 5) is 0. The van der Waals surface area contributed by atoms with Crippen molar-refractivity contribution in [2.24, 2.45) is 0 Å². The lowest BCUT2D eigenvalue weighted by atomic mass is 10.1. The molecule has 2 aromatic rings. The zero-order valence-electron chi connectivity index (χ0n) is 8.47. The highest BCUT2D eigenvalue weighted by Crippen LogP contribution is 2.45. The van der Waals surface area contributed by atoms with Crippen molar-refractivity contribution in [1.29, 1.82) is 0 Å².